The van der Waals surface area contributed by atoms with E-state index in [4.69, 9.17) is 9.47 Å². The molecule has 8 heteroatoms. The number of carbonyl (C=O) groups excluding carboxylic acids is 2. The van der Waals surface area contributed by atoms with Gasteiger partial charge in [0.25, 0.3) is 0 Å². The molecule has 0 aliphatic heterocycles. The number of hydrogen-bond donors (Lipinski definition) is 2. The maximum atomic E-state index is 13.3. The number of pyridine rings is 1. The first-order valence-electron chi connectivity index (χ1n) is 9.60. The smallest absolute Gasteiger partial charge is 0.337 e. The van der Waals surface area contributed by atoms with E-state index in [-0.39, 0.29) is 11.8 Å². The topological polar surface area (TPSA) is 89.5 Å². The van der Waals surface area contributed by atoms with Gasteiger partial charge in [-0.3, -0.25) is 4.98 Å². The minimum absolute atomic E-state index is 0.319. The maximum absolute atomic E-state index is 13.3. The molecule has 0 radical (unpaired) electrons. The van der Waals surface area contributed by atoms with Gasteiger partial charge in [-0.05, 0) is 54.1 Å². The van der Waals surface area contributed by atoms with Crippen molar-refractivity contribution in [3.8, 4) is 5.75 Å². The van der Waals surface area contributed by atoms with E-state index in [1.807, 2.05) is 0 Å². The van der Waals surface area contributed by atoms with Crippen molar-refractivity contribution >= 4 is 17.7 Å². The largest absolute Gasteiger partial charge is 0.486 e. The summed E-state index contributed by atoms with van der Waals surface area (Å²) >= 11 is 0. The van der Waals surface area contributed by atoms with Crippen LogP contribution in [0.5, 0.6) is 5.75 Å². The van der Waals surface area contributed by atoms with E-state index in [1.165, 1.54) is 19.2 Å². The van der Waals surface area contributed by atoms with E-state index in [2.05, 4.69) is 15.6 Å². The minimum Gasteiger partial charge on any atom is -0.486 e. The Balaban J connectivity index is 1.63. The summed E-state index contributed by atoms with van der Waals surface area (Å²) in [6.07, 6.45) is 3.17. The summed E-state index contributed by atoms with van der Waals surface area (Å²) < 4.78 is 24.1. The number of carbonyl (C=O) groups is 2. The Morgan fingerprint density at radius 2 is 1.68 bits per heavy atom. The molecule has 1 heterocycles. The Kier molecular flexibility index (Phi) is 7.53. The fraction of sp³-hybridized carbons (Fsp3) is 0.174. The molecule has 0 aliphatic carbocycles. The number of benzene rings is 2. The van der Waals surface area contributed by atoms with Gasteiger partial charge in [0, 0.05) is 31.0 Å². The molecule has 160 valence electrons. The Bertz CT molecular complexity index is 996. The summed E-state index contributed by atoms with van der Waals surface area (Å²) in [5.74, 6) is -0.256. The zero-order chi connectivity index (χ0) is 22.1. The van der Waals surface area contributed by atoms with Crippen LogP contribution in [0.4, 0.5) is 14.9 Å². The number of urea groups is 1. The van der Waals surface area contributed by atoms with E-state index >= 15 is 0 Å². The molecule has 0 fully saturated rings. The second-order valence-electron chi connectivity index (χ2n) is 6.58. The fourth-order valence-corrected chi connectivity index (χ4v) is 2.85. The zero-order valence-corrected chi connectivity index (χ0v) is 16.9. The summed E-state index contributed by atoms with van der Waals surface area (Å²) in [6, 6.07) is 15.5. The van der Waals surface area contributed by atoms with Crippen LogP contribution in [-0.2, 0) is 4.74 Å². The van der Waals surface area contributed by atoms with Crippen LogP contribution in [0.1, 0.15) is 28.4 Å². The van der Waals surface area contributed by atoms with Crippen molar-refractivity contribution in [1.29, 1.82) is 0 Å². The lowest BCUT2D eigenvalue weighted by Crippen LogP contribution is -2.30. The van der Waals surface area contributed by atoms with Crippen LogP contribution < -0.4 is 15.4 Å². The second-order valence-corrected chi connectivity index (χ2v) is 6.58. The second kappa shape index (κ2) is 10.7. The molecule has 2 aromatic carbocycles. The SMILES string of the molecule is COC(=O)c1ccc(OC(CCNC(=O)Nc2ccncc2)c2ccc(F)cc2)cc1. The van der Waals surface area contributed by atoms with Crippen LogP contribution >= 0.6 is 0 Å². The summed E-state index contributed by atoms with van der Waals surface area (Å²) in [7, 11) is 1.31. The molecule has 0 saturated heterocycles. The number of ether oxygens (including phenoxy) is 2. The molecule has 1 aromatic heterocycles. The van der Waals surface area contributed by atoms with E-state index in [0.717, 1.165) is 5.56 Å². The molecular weight excluding hydrogens is 401 g/mol. The van der Waals surface area contributed by atoms with Crippen LogP contribution in [-0.4, -0.2) is 30.6 Å². The number of rotatable bonds is 8. The average molecular weight is 423 g/mol. The molecular formula is C23H22FN3O4. The molecule has 0 aliphatic rings. The first-order chi connectivity index (χ1) is 15.0. The highest BCUT2D eigenvalue weighted by molar-refractivity contribution is 5.89. The lowest BCUT2D eigenvalue weighted by Gasteiger charge is -2.20. The van der Waals surface area contributed by atoms with Crippen molar-refractivity contribution in [2.45, 2.75) is 12.5 Å². The maximum Gasteiger partial charge on any atom is 0.337 e. The Morgan fingerprint density at radius 3 is 2.32 bits per heavy atom. The highest BCUT2D eigenvalue weighted by Gasteiger charge is 2.15. The first-order valence-corrected chi connectivity index (χ1v) is 9.60. The van der Waals surface area contributed by atoms with Gasteiger partial charge in [0.1, 0.15) is 17.7 Å². The van der Waals surface area contributed by atoms with Crippen LogP contribution in [0.25, 0.3) is 0 Å². The zero-order valence-electron chi connectivity index (χ0n) is 16.9. The molecule has 31 heavy (non-hydrogen) atoms. The summed E-state index contributed by atoms with van der Waals surface area (Å²) in [5, 5.41) is 5.49. The number of esters is 1. The van der Waals surface area contributed by atoms with Crippen LogP contribution in [0.15, 0.2) is 73.1 Å². The minimum atomic E-state index is -0.439. The first kappa shape index (κ1) is 21.8. The predicted octanol–water partition coefficient (Wildman–Crippen LogP) is 4.34. The van der Waals surface area contributed by atoms with Crippen molar-refractivity contribution in [2.24, 2.45) is 0 Å². The normalized spacial score (nSPS) is 11.3. The predicted molar refractivity (Wildman–Crippen MR) is 113 cm³/mol. The number of aromatic nitrogens is 1. The molecule has 3 aromatic rings. The van der Waals surface area contributed by atoms with E-state index in [9.17, 15) is 14.0 Å². The molecule has 7 nitrogen and oxygen atoms in total. The standard InChI is InChI=1S/C23H22FN3O4/c1-30-22(28)17-4-8-20(9-5-17)31-21(16-2-6-18(24)7-3-16)12-15-26-23(29)27-19-10-13-25-14-11-19/h2-11,13-14,21H,12,15H2,1H3,(H2,25,26,27,29). The number of nitrogens with one attached hydrogen (secondary N) is 2. The van der Waals surface area contributed by atoms with Gasteiger partial charge in [-0.1, -0.05) is 12.1 Å². The van der Waals surface area contributed by atoms with Gasteiger partial charge in [0.15, 0.2) is 0 Å². The highest BCUT2D eigenvalue weighted by Crippen LogP contribution is 2.25. The number of amides is 2. The Hall–Kier alpha value is -3.94. The van der Waals surface area contributed by atoms with Crippen LogP contribution in [0.3, 0.4) is 0 Å². The van der Waals surface area contributed by atoms with Gasteiger partial charge >= 0.3 is 12.0 Å². The number of nitrogens with zero attached hydrogens (tertiary/aromatic N) is 1. The summed E-state index contributed by atoms with van der Waals surface area (Å²) in [4.78, 5) is 27.6. The quantitative estimate of drug-likeness (QED) is 0.526. The van der Waals surface area contributed by atoms with E-state index < -0.39 is 12.1 Å². The van der Waals surface area contributed by atoms with Crippen molar-refractivity contribution < 1.29 is 23.5 Å². The summed E-state index contributed by atoms with van der Waals surface area (Å²) in [5.41, 5.74) is 1.79. The molecule has 0 saturated carbocycles. The summed E-state index contributed by atoms with van der Waals surface area (Å²) in [6.45, 7) is 0.319. The van der Waals surface area contributed by atoms with E-state index in [1.54, 1.807) is 60.9 Å². The van der Waals surface area contributed by atoms with Gasteiger partial charge in [-0.2, -0.15) is 0 Å². The lowest BCUT2D eigenvalue weighted by molar-refractivity contribution is 0.0600. The van der Waals surface area contributed by atoms with Crippen molar-refractivity contribution in [2.75, 3.05) is 19.0 Å². The van der Waals surface area contributed by atoms with Gasteiger partial charge in [-0.25, -0.2) is 14.0 Å². The molecule has 1 atom stereocenters. The molecule has 1 unspecified atom stereocenters. The van der Waals surface area contributed by atoms with Gasteiger partial charge in [-0.15, -0.1) is 0 Å². The number of methoxy groups -OCH3 is 1. The van der Waals surface area contributed by atoms with Gasteiger partial charge in [0.2, 0.25) is 0 Å². The molecule has 3 rings (SSSR count). The van der Waals surface area contributed by atoms with Crippen LogP contribution in [0, 0.1) is 5.82 Å². The number of hydrogen-bond acceptors (Lipinski definition) is 5. The number of anilines is 1. The Labute approximate surface area is 179 Å². The monoisotopic (exact) mass is 423 g/mol. The molecule has 0 spiro atoms. The molecule has 2 amide bonds. The third-order valence-corrected chi connectivity index (χ3v) is 4.43. The lowest BCUT2D eigenvalue weighted by atomic mass is 10.1. The van der Waals surface area contributed by atoms with Crippen molar-refractivity contribution in [1.82, 2.24) is 10.3 Å². The Morgan fingerprint density at radius 1 is 1.00 bits per heavy atom. The number of halogens is 1. The average Bonchev–Trinajstić information content (AvgIpc) is 2.79. The fourth-order valence-electron chi connectivity index (χ4n) is 2.85. The highest BCUT2D eigenvalue weighted by atomic mass is 19.1. The van der Waals surface area contributed by atoms with Crippen molar-refractivity contribution in [3.05, 3.63) is 90.0 Å². The third-order valence-electron chi connectivity index (χ3n) is 4.43. The van der Waals surface area contributed by atoms with Gasteiger partial charge < -0.3 is 20.1 Å². The molecule has 2 N–H and O–H groups in total. The van der Waals surface area contributed by atoms with Crippen molar-refractivity contribution in [3.63, 3.8) is 0 Å². The van der Waals surface area contributed by atoms with E-state index in [0.29, 0.717) is 30.0 Å². The third kappa shape index (κ3) is 6.53. The van der Waals surface area contributed by atoms with Crippen LogP contribution in [0.2, 0.25) is 0 Å². The van der Waals surface area contributed by atoms with Gasteiger partial charge in [0.05, 0.1) is 12.7 Å². The molecule has 0 bridgehead atoms.